The zero-order valence-corrected chi connectivity index (χ0v) is 14.1. The molecule has 9 heteroatoms. The van der Waals surface area contributed by atoms with Gasteiger partial charge in [-0.2, -0.15) is 23.3 Å². The van der Waals surface area contributed by atoms with E-state index in [9.17, 15) is 13.2 Å². The van der Waals surface area contributed by atoms with Gasteiger partial charge in [-0.3, -0.25) is 4.68 Å². The largest absolute Gasteiger partial charge is 0.436 e. The molecule has 0 aliphatic carbocycles. The molecule has 24 heavy (non-hydrogen) atoms. The lowest BCUT2D eigenvalue weighted by atomic mass is 10.2. The first-order valence-corrected chi connectivity index (χ1v) is 7.83. The highest BCUT2D eigenvalue weighted by Crippen LogP contribution is 2.35. The summed E-state index contributed by atoms with van der Waals surface area (Å²) in [6.07, 6.45) is -4.22. The average molecular weight is 401 g/mol. The van der Waals surface area contributed by atoms with Crippen LogP contribution in [0.2, 0.25) is 0 Å². The molecule has 126 valence electrons. The van der Waals surface area contributed by atoms with Crippen molar-refractivity contribution in [2.24, 2.45) is 0 Å². The Balaban J connectivity index is 1.74. The smallest absolute Gasteiger partial charge is 0.339 e. The van der Waals surface area contributed by atoms with Crippen LogP contribution in [0.4, 0.5) is 13.2 Å². The van der Waals surface area contributed by atoms with E-state index >= 15 is 0 Å². The first kappa shape index (κ1) is 16.7. The van der Waals surface area contributed by atoms with Gasteiger partial charge in [0.15, 0.2) is 5.69 Å². The number of aryl methyl sites for hydroxylation is 2. The molecule has 1 aromatic carbocycles. The van der Waals surface area contributed by atoms with E-state index in [1.807, 2.05) is 30.3 Å². The second-order valence-electron chi connectivity index (χ2n) is 5.10. The minimum Gasteiger partial charge on any atom is -0.339 e. The third-order valence-electron chi connectivity index (χ3n) is 3.44. The Morgan fingerprint density at radius 3 is 2.54 bits per heavy atom. The first-order valence-electron chi connectivity index (χ1n) is 7.04. The van der Waals surface area contributed by atoms with Crippen molar-refractivity contribution in [3.8, 4) is 11.4 Å². The van der Waals surface area contributed by atoms with Crippen LogP contribution in [0.15, 0.2) is 39.3 Å². The molecule has 0 amide bonds. The maximum Gasteiger partial charge on any atom is 0.436 e. The predicted molar refractivity (Wildman–Crippen MR) is 83.1 cm³/mol. The molecule has 0 spiro atoms. The molecule has 0 fully saturated rings. The van der Waals surface area contributed by atoms with E-state index in [0.29, 0.717) is 17.4 Å². The lowest BCUT2D eigenvalue weighted by Gasteiger charge is -2.02. The van der Waals surface area contributed by atoms with Crippen molar-refractivity contribution in [2.75, 3.05) is 0 Å². The van der Waals surface area contributed by atoms with Crippen LogP contribution in [0.25, 0.3) is 11.4 Å². The fourth-order valence-corrected chi connectivity index (χ4v) is 2.69. The Morgan fingerprint density at radius 2 is 1.92 bits per heavy atom. The molecule has 0 aliphatic heterocycles. The van der Waals surface area contributed by atoms with Crippen LogP contribution in [0.3, 0.4) is 0 Å². The van der Waals surface area contributed by atoms with Gasteiger partial charge in [0.05, 0.1) is 16.7 Å². The van der Waals surface area contributed by atoms with E-state index in [2.05, 4.69) is 31.2 Å². The van der Waals surface area contributed by atoms with Crippen LogP contribution in [0.5, 0.6) is 0 Å². The van der Waals surface area contributed by atoms with E-state index < -0.39 is 11.9 Å². The summed E-state index contributed by atoms with van der Waals surface area (Å²) in [7, 11) is 0. The maximum absolute atomic E-state index is 12.8. The van der Waals surface area contributed by atoms with Crippen LogP contribution in [-0.2, 0) is 19.1 Å². The normalized spacial score (nSPS) is 11.9. The van der Waals surface area contributed by atoms with Gasteiger partial charge in [0.2, 0.25) is 11.7 Å². The molecule has 0 N–H and O–H groups in total. The van der Waals surface area contributed by atoms with E-state index in [4.69, 9.17) is 4.52 Å². The monoisotopic (exact) mass is 400 g/mol. The quantitative estimate of drug-likeness (QED) is 0.656. The zero-order valence-electron chi connectivity index (χ0n) is 12.5. The maximum atomic E-state index is 12.8. The van der Waals surface area contributed by atoms with Crippen molar-refractivity contribution in [3.63, 3.8) is 0 Å². The third kappa shape index (κ3) is 3.35. The van der Waals surface area contributed by atoms with Gasteiger partial charge in [0.1, 0.15) is 0 Å². The Labute approximate surface area is 143 Å². The number of nitrogens with zero attached hydrogens (tertiary/aromatic N) is 4. The molecule has 2 aromatic heterocycles. The van der Waals surface area contributed by atoms with Crippen molar-refractivity contribution in [3.05, 3.63) is 52.1 Å². The van der Waals surface area contributed by atoms with Gasteiger partial charge in [-0.05, 0) is 22.9 Å². The Hall–Kier alpha value is -2.16. The summed E-state index contributed by atoms with van der Waals surface area (Å²) in [6.45, 7) is 1.77. The second kappa shape index (κ2) is 6.39. The van der Waals surface area contributed by atoms with Gasteiger partial charge < -0.3 is 4.52 Å². The van der Waals surface area contributed by atoms with Gasteiger partial charge in [-0.25, -0.2) is 0 Å². The molecule has 3 aromatic rings. The molecule has 0 saturated carbocycles. The summed E-state index contributed by atoms with van der Waals surface area (Å²) >= 11 is 2.94. The number of aromatic nitrogens is 4. The molecular weight excluding hydrogens is 389 g/mol. The molecule has 3 rings (SSSR count). The average Bonchev–Trinajstić information content (AvgIpc) is 3.12. The topological polar surface area (TPSA) is 56.7 Å². The third-order valence-corrected chi connectivity index (χ3v) is 4.39. The van der Waals surface area contributed by atoms with Crippen LogP contribution in [-0.4, -0.2) is 19.9 Å². The zero-order chi connectivity index (χ0) is 17.3. The number of hydrogen-bond acceptors (Lipinski definition) is 4. The van der Waals surface area contributed by atoms with Gasteiger partial charge in [-0.1, -0.05) is 35.5 Å². The number of hydrogen-bond donors (Lipinski definition) is 0. The molecule has 2 heterocycles. The van der Waals surface area contributed by atoms with Gasteiger partial charge in [-0.15, -0.1) is 0 Å². The van der Waals surface area contributed by atoms with Crippen LogP contribution < -0.4 is 0 Å². The number of benzene rings is 1. The molecule has 0 atom stereocenters. The van der Waals surface area contributed by atoms with Gasteiger partial charge in [0.25, 0.3) is 0 Å². The van der Waals surface area contributed by atoms with Crippen molar-refractivity contribution < 1.29 is 17.7 Å². The molecule has 0 saturated heterocycles. The molecule has 5 nitrogen and oxygen atoms in total. The number of rotatable bonds is 4. The Kier molecular flexibility index (Phi) is 4.44. The van der Waals surface area contributed by atoms with Crippen molar-refractivity contribution >= 4 is 15.9 Å². The number of alkyl halides is 3. The van der Waals surface area contributed by atoms with Crippen molar-refractivity contribution in [1.82, 2.24) is 19.9 Å². The molecule has 0 unspecified atom stereocenters. The first-order chi connectivity index (χ1) is 11.4. The Morgan fingerprint density at radius 1 is 1.21 bits per heavy atom. The predicted octanol–water partition coefficient (Wildman–Crippen LogP) is 4.27. The van der Waals surface area contributed by atoms with E-state index in [1.165, 1.54) is 4.68 Å². The summed E-state index contributed by atoms with van der Waals surface area (Å²) in [5.74, 6) is 0.786. The van der Waals surface area contributed by atoms with Crippen LogP contribution in [0.1, 0.15) is 17.3 Å². The highest BCUT2D eigenvalue weighted by Gasteiger charge is 2.37. The second-order valence-corrected chi connectivity index (χ2v) is 5.89. The standard InChI is InChI=1S/C15H12BrF3N4O/c1-9-12(16)13(15(17,18)19)21-23(9)8-7-11-20-14(22-24-11)10-5-3-2-4-6-10/h2-6H,7-8H2,1H3. The lowest BCUT2D eigenvalue weighted by Crippen LogP contribution is -2.10. The molecular formula is C15H12BrF3N4O. The van der Waals surface area contributed by atoms with E-state index in [1.54, 1.807) is 6.92 Å². The summed E-state index contributed by atoms with van der Waals surface area (Å²) in [5, 5.41) is 7.49. The van der Waals surface area contributed by atoms with Crippen molar-refractivity contribution in [1.29, 1.82) is 0 Å². The minimum absolute atomic E-state index is 0.0505. The fraction of sp³-hybridized carbons (Fsp3) is 0.267. The Bertz CT molecular complexity index is 842. The SMILES string of the molecule is Cc1c(Br)c(C(F)(F)F)nn1CCc1nc(-c2ccccc2)no1. The molecule has 0 radical (unpaired) electrons. The van der Waals surface area contributed by atoms with Gasteiger partial charge in [0, 0.05) is 12.0 Å². The van der Waals surface area contributed by atoms with Crippen molar-refractivity contribution in [2.45, 2.75) is 26.1 Å². The van der Waals surface area contributed by atoms with E-state index in [0.717, 1.165) is 5.56 Å². The summed E-state index contributed by atoms with van der Waals surface area (Å²) in [5.41, 5.74) is 0.269. The lowest BCUT2D eigenvalue weighted by molar-refractivity contribution is -0.142. The summed E-state index contributed by atoms with van der Waals surface area (Å²) in [4.78, 5) is 4.25. The molecule has 0 aliphatic rings. The highest BCUT2D eigenvalue weighted by molar-refractivity contribution is 9.10. The van der Waals surface area contributed by atoms with Gasteiger partial charge >= 0.3 is 6.18 Å². The highest BCUT2D eigenvalue weighted by atomic mass is 79.9. The van der Waals surface area contributed by atoms with Crippen LogP contribution >= 0.6 is 15.9 Å². The summed E-state index contributed by atoms with van der Waals surface area (Å²) < 4.78 is 44.9. The fourth-order valence-electron chi connectivity index (χ4n) is 2.19. The minimum atomic E-state index is -4.50. The van der Waals surface area contributed by atoms with E-state index in [-0.39, 0.29) is 17.4 Å². The summed E-state index contributed by atoms with van der Waals surface area (Å²) in [6, 6.07) is 9.28. The van der Waals surface area contributed by atoms with Crippen LogP contribution in [0, 0.1) is 6.92 Å². The molecule has 0 bridgehead atoms. The number of halogens is 4.